The second-order valence-electron chi connectivity index (χ2n) is 6.43. The molecule has 0 aliphatic heterocycles. The van der Waals surface area contributed by atoms with Crippen LogP contribution >= 0.6 is 0 Å². The van der Waals surface area contributed by atoms with Crippen molar-refractivity contribution >= 4 is 0 Å². The summed E-state index contributed by atoms with van der Waals surface area (Å²) in [5, 5.41) is 13.4. The van der Waals surface area contributed by atoms with E-state index >= 15 is 0 Å². The van der Waals surface area contributed by atoms with E-state index in [1.165, 1.54) is 0 Å². The van der Waals surface area contributed by atoms with Gasteiger partial charge in [-0.2, -0.15) is 5.26 Å². The largest absolute Gasteiger partial charge is 0.361 e. The van der Waals surface area contributed by atoms with Crippen molar-refractivity contribution in [2.75, 3.05) is 0 Å². The summed E-state index contributed by atoms with van der Waals surface area (Å²) >= 11 is 0. The first-order chi connectivity index (χ1) is 13.2. The molecule has 0 N–H and O–H groups in total. The fourth-order valence-electron chi connectivity index (χ4n) is 3.25. The molecule has 0 bridgehead atoms. The molecule has 0 spiro atoms. The molecule has 0 radical (unpaired) electrons. The first kappa shape index (κ1) is 16.8. The number of nitriles is 1. The lowest BCUT2D eigenvalue weighted by Gasteiger charge is -2.11. The zero-order valence-corrected chi connectivity index (χ0v) is 15.2. The van der Waals surface area contributed by atoms with Crippen LogP contribution in [0.5, 0.6) is 0 Å². The van der Waals surface area contributed by atoms with Crippen molar-refractivity contribution in [3.63, 3.8) is 0 Å². The van der Waals surface area contributed by atoms with Gasteiger partial charge in [0.15, 0.2) is 0 Å². The minimum absolute atomic E-state index is 0.604. The molecule has 27 heavy (non-hydrogen) atoms. The molecule has 5 heteroatoms. The van der Waals surface area contributed by atoms with Gasteiger partial charge in [-0.25, -0.2) is 4.98 Å². The Hall–Kier alpha value is -3.65. The Morgan fingerprint density at radius 3 is 2.52 bits per heavy atom. The number of nitrogens with zero attached hydrogens (tertiary/aromatic N) is 4. The van der Waals surface area contributed by atoms with E-state index in [4.69, 9.17) is 4.52 Å². The van der Waals surface area contributed by atoms with Crippen molar-refractivity contribution in [1.29, 1.82) is 5.26 Å². The van der Waals surface area contributed by atoms with Crippen LogP contribution in [0.15, 0.2) is 65.4 Å². The van der Waals surface area contributed by atoms with E-state index in [1.54, 1.807) is 6.07 Å². The fraction of sp³-hybridized carbons (Fsp3) is 0.136. The van der Waals surface area contributed by atoms with Gasteiger partial charge < -0.3 is 9.09 Å². The zero-order valence-electron chi connectivity index (χ0n) is 15.2. The van der Waals surface area contributed by atoms with Gasteiger partial charge in [-0.05, 0) is 26.0 Å². The number of benzene rings is 2. The van der Waals surface area contributed by atoms with Crippen molar-refractivity contribution in [1.82, 2.24) is 14.7 Å². The highest BCUT2D eigenvalue weighted by molar-refractivity contribution is 5.79. The summed E-state index contributed by atoms with van der Waals surface area (Å²) in [6.45, 7) is 4.46. The average Bonchev–Trinajstić information content (AvgIpc) is 3.27. The van der Waals surface area contributed by atoms with Gasteiger partial charge in [0.25, 0.3) is 0 Å². The van der Waals surface area contributed by atoms with Crippen LogP contribution in [0, 0.1) is 25.2 Å². The molecule has 0 amide bonds. The number of imidazole rings is 1. The Labute approximate surface area is 157 Å². The van der Waals surface area contributed by atoms with Crippen LogP contribution in [0.25, 0.3) is 22.5 Å². The molecule has 2 aromatic carbocycles. The summed E-state index contributed by atoms with van der Waals surface area (Å²) in [4.78, 5) is 4.69. The molecule has 0 saturated carbocycles. The molecule has 0 aliphatic carbocycles. The minimum Gasteiger partial charge on any atom is -0.361 e. The molecule has 2 aromatic heterocycles. The van der Waals surface area contributed by atoms with Crippen molar-refractivity contribution in [2.45, 2.75) is 20.4 Å². The molecule has 0 unspecified atom stereocenters. The number of aryl methyl sites for hydroxylation is 2. The number of hydrogen-bond acceptors (Lipinski definition) is 4. The van der Waals surface area contributed by atoms with E-state index < -0.39 is 0 Å². The van der Waals surface area contributed by atoms with E-state index in [0.717, 1.165) is 39.5 Å². The Morgan fingerprint density at radius 1 is 1.04 bits per heavy atom. The number of rotatable bonds is 4. The lowest BCUT2D eigenvalue weighted by atomic mass is 10.0. The maximum Gasteiger partial charge on any atom is 0.138 e. The Morgan fingerprint density at radius 2 is 1.81 bits per heavy atom. The van der Waals surface area contributed by atoms with Crippen molar-refractivity contribution < 1.29 is 4.52 Å². The molecule has 4 rings (SSSR count). The second-order valence-corrected chi connectivity index (χ2v) is 6.43. The van der Waals surface area contributed by atoms with Crippen LogP contribution in [0.3, 0.4) is 0 Å². The maximum absolute atomic E-state index is 9.30. The number of aromatic nitrogens is 3. The molecule has 0 fully saturated rings. The first-order valence-corrected chi connectivity index (χ1v) is 8.70. The Kier molecular flexibility index (Phi) is 4.31. The average molecular weight is 354 g/mol. The second kappa shape index (κ2) is 6.93. The highest BCUT2D eigenvalue weighted by Gasteiger charge is 2.18. The fourth-order valence-corrected chi connectivity index (χ4v) is 3.25. The summed E-state index contributed by atoms with van der Waals surface area (Å²) < 4.78 is 7.40. The normalized spacial score (nSPS) is 10.7. The van der Waals surface area contributed by atoms with Crippen LogP contribution in [0.4, 0.5) is 0 Å². The van der Waals surface area contributed by atoms with Gasteiger partial charge in [0.05, 0.1) is 41.6 Å². The lowest BCUT2D eigenvalue weighted by molar-refractivity contribution is 0.392. The molecule has 5 nitrogen and oxygen atoms in total. The smallest absolute Gasteiger partial charge is 0.138 e. The van der Waals surface area contributed by atoms with Crippen LogP contribution in [-0.2, 0) is 6.54 Å². The van der Waals surface area contributed by atoms with Crippen LogP contribution in [0.2, 0.25) is 0 Å². The third kappa shape index (κ3) is 3.13. The van der Waals surface area contributed by atoms with Crippen molar-refractivity contribution in [3.8, 4) is 28.6 Å². The summed E-state index contributed by atoms with van der Waals surface area (Å²) in [6.07, 6.45) is 1.84. The van der Waals surface area contributed by atoms with E-state index in [1.807, 2.05) is 68.7 Å². The molecule has 132 valence electrons. The van der Waals surface area contributed by atoms with Gasteiger partial charge in [-0.15, -0.1) is 0 Å². The molecule has 4 aromatic rings. The van der Waals surface area contributed by atoms with Gasteiger partial charge in [0.2, 0.25) is 0 Å². The standard InChI is InChI=1S/C22H18N4O/c1-15-20(16(2)27-25-15)13-26-14-24-21(18-8-4-3-5-9-18)22(26)19-10-6-7-17(11-19)12-23/h3-11,14H,13H2,1-2H3. The lowest BCUT2D eigenvalue weighted by Crippen LogP contribution is -2.03. The van der Waals surface area contributed by atoms with Crippen LogP contribution < -0.4 is 0 Å². The highest BCUT2D eigenvalue weighted by Crippen LogP contribution is 2.32. The SMILES string of the molecule is Cc1noc(C)c1Cn1cnc(-c2ccccc2)c1-c1cccc(C#N)c1. The van der Waals surface area contributed by atoms with Crippen molar-refractivity contribution in [2.24, 2.45) is 0 Å². The van der Waals surface area contributed by atoms with E-state index in [9.17, 15) is 5.26 Å². The predicted molar refractivity (Wildman–Crippen MR) is 103 cm³/mol. The first-order valence-electron chi connectivity index (χ1n) is 8.70. The van der Waals surface area contributed by atoms with Gasteiger partial charge in [-0.3, -0.25) is 0 Å². The topological polar surface area (TPSA) is 67.6 Å². The van der Waals surface area contributed by atoms with Gasteiger partial charge in [-0.1, -0.05) is 47.6 Å². The van der Waals surface area contributed by atoms with E-state index in [0.29, 0.717) is 12.1 Å². The third-order valence-electron chi connectivity index (χ3n) is 4.66. The molecule has 0 aliphatic rings. The van der Waals surface area contributed by atoms with E-state index in [-0.39, 0.29) is 0 Å². The van der Waals surface area contributed by atoms with E-state index in [2.05, 4.69) is 20.8 Å². The zero-order chi connectivity index (χ0) is 18.8. The molecule has 2 heterocycles. The maximum atomic E-state index is 9.30. The molecule has 0 saturated heterocycles. The highest BCUT2D eigenvalue weighted by atomic mass is 16.5. The summed E-state index contributed by atoms with van der Waals surface area (Å²) in [5.74, 6) is 0.805. The van der Waals surface area contributed by atoms with Gasteiger partial charge >= 0.3 is 0 Å². The summed E-state index contributed by atoms with van der Waals surface area (Å²) in [7, 11) is 0. The Bertz CT molecular complexity index is 1110. The molecular formula is C22H18N4O. The molecular weight excluding hydrogens is 336 g/mol. The van der Waals surface area contributed by atoms with Crippen LogP contribution in [-0.4, -0.2) is 14.7 Å². The van der Waals surface area contributed by atoms with Gasteiger partial charge in [0.1, 0.15) is 5.76 Å². The molecule has 0 atom stereocenters. The summed E-state index contributed by atoms with van der Waals surface area (Å²) in [6, 6.07) is 19.9. The monoisotopic (exact) mass is 354 g/mol. The number of hydrogen-bond donors (Lipinski definition) is 0. The Balaban J connectivity index is 1.89. The van der Waals surface area contributed by atoms with Crippen molar-refractivity contribution in [3.05, 3.63) is 83.5 Å². The quantitative estimate of drug-likeness (QED) is 0.531. The summed E-state index contributed by atoms with van der Waals surface area (Å²) in [5.41, 5.74) is 6.39. The predicted octanol–water partition coefficient (Wildman–Crippen LogP) is 4.74. The minimum atomic E-state index is 0.604. The van der Waals surface area contributed by atoms with Gasteiger partial charge in [0, 0.05) is 16.7 Å². The van der Waals surface area contributed by atoms with Crippen LogP contribution in [0.1, 0.15) is 22.6 Å². The third-order valence-corrected chi connectivity index (χ3v) is 4.66.